The fraction of sp³-hybridized carbons (Fsp3) is 0. The Bertz CT molecular complexity index is 558. The molecule has 0 radical (unpaired) electrons. The molecule has 2 rings (SSSR count). The third-order valence-electron chi connectivity index (χ3n) is 2.39. The first-order chi connectivity index (χ1) is 8.09. The van der Waals surface area contributed by atoms with Gasteiger partial charge in [0.25, 0.3) is 0 Å². The van der Waals surface area contributed by atoms with Gasteiger partial charge in [-0.3, -0.25) is 0 Å². The number of aromatic hydroxyl groups is 1. The molecular formula is C13H9ClO3. The maximum absolute atomic E-state index is 10.9. The van der Waals surface area contributed by atoms with Crippen molar-refractivity contribution in [3.8, 4) is 16.9 Å². The van der Waals surface area contributed by atoms with Crippen molar-refractivity contribution in [2.24, 2.45) is 0 Å². The molecular weight excluding hydrogens is 240 g/mol. The number of phenolic OH excluding ortho intramolecular Hbond substituents is 1. The summed E-state index contributed by atoms with van der Waals surface area (Å²) in [6.07, 6.45) is 0. The van der Waals surface area contributed by atoms with Gasteiger partial charge in [0.1, 0.15) is 5.75 Å². The van der Waals surface area contributed by atoms with Crippen LogP contribution in [-0.4, -0.2) is 16.2 Å². The van der Waals surface area contributed by atoms with E-state index >= 15 is 0 Å². The molecule has 2 aromatic carbocycles. The van der Waals surface area contributed by atoms with Crippen LogP contribution in [0.4, 0.5) is 0 Å². The Morgan fingerprint density at radius 3 is 2.47 bits per heavy atom. The predicted octanol–water partition coefficient (Wildman–Crippen LogP) is 3.41. The van der Waals surface area contributed by atoms with Crippen LogP contribution in [0.25, 0.3) is 11.1 Å². The topological polar surface area (TPSA) is 57.5 Å². The zero-order valence-corrected chi connectivity index (χ0v) is 9.48. The number of halogens is 1. The van der Waals surface area contributed by atoms with Crippen LogP contribution in [-0.2, 0) is 0 Å². The maximum Gasteiger partial charge on any atom is 0.335 e. The molecule has 0 unspecified atom stereocenters. The molecule has 2 N–H and O–H groups in total. The van der Waals surface area contributed by atoms with E-state index in [1.54, 1.807) is 24.3 Å². The van der Waals surface area contributed by atoms with Crippen molar-refractivity contribution in [2.45, 2.75) is 0 Å². The van der Waals surface area contributed by atoms with E-state index in [0.29, 0.717) is 16.1 Å². The van der Waals surface area contributed by atoms with Crippen LogP contribution >= 0.6 is 11.6 Å². The Morgan fingerprint density at radius 2 is 1.82 bits per heavy atom. The van der Waals surface area contributed by atoms with Gasteiger partial charge in [0.15, 0.2) is 0 Å². The first-order valence-corrected chi connectivity index (χ1v) is 5.28. The summed E-state index contributed by atoms with van der Waals surface area (Å²) in [6, 6.07) is 11.1. The van der Waals surface area contributed by atoms with Gasteiger partial charge in [0, 0.05) is 5.56 Å². The summed E-state index contributed by atoms with van der Waals surface area (Å²) in [5.74, 6) is -0.988. The van der Waals surface area contributed by atoms with Crippen LogP contribution in [0.2, 0.25) is 5.02 Å². The molecule has 17 heavy (non-hydrogen) atoms. The quantitative estimate of drug-likeness (QED) is 0.856. The summed E-state index contributed by atoms with van der Waals surface area (Å²) < 4.78 is 0. The highest BCUT2D eigenvalue weighted by molar-refractivity contribution is 6.33. The molecule has 0 heterocycles. The van der Waals surface area contributed by atoms with E-state index in [1.807, 2.05) is 0 Å². The lowest BCUT2D eigenvalue weighted by atomic mass is 10.0. The van der Waals surface area contributed by atoms with E-state index in [9.17, 15) is 9.90 Å². The number of phenols is 1. The third-order valence-corrected chi connectivity index (χ3v) is 2.70. The molecule has 0 aromatic heterocycles. The van der Waals surface area contributed by atoms with Crippen molar-refractivity contribution in [3.05, 3.63) is 53.1 Å². The second-order valence-electron chi connectivity index (χ2n) is 3.52. The number of carboxylic acid groups (broad SMARTS) is 1. The lowest BCUT2D eigenvalue weighted by Gasteiger charge is -2.07. The Labute approximate surface area is 103 Å². The predicted molar refractivity (Wildman–Crippen MR) is 65.5 cm³/mol. The molecule has 3 nitrogen and oxygen atoms in total. The number of hydrogen-bond donors (Lipinski definition) is 2. The van der Waals surface area contributed by atoms with Crippen molar-refractivity contribution in [3.63, 3.8) is 0 Å². The van der Waals surface area contributed by atoms with Crippen LogP contribution in [0.3, 0.4) is 0 Å². The normalized spacial score (nSPS) is 10.2. The van der Waals surface area contributed by atoms with Gasteiger partial charge in [-0.05, 0) is 29.8 Å². The number of carbonyl (C=O) groups is 1. The fourth-order valence-corrected chi connectivity index (χ4v) is 1.88. The Hall–Kier alpha value is -2.00. The van der Waals surface area contributed by atoms with Gasteiger partial charge >= 0.3 is 5.97 Å². The minimum absolute atomic E-state index is 0.0278. The molecule has 0 saturated heterocycles. The number of carboxylic acids is 1. The first kappa shape index (κ1) is 11.5. The lowest BCUT2D eigenvalue weighted by molar-refractivity contribution is 0.0697. The number of benzene rings is 2. The highest BCUT2D eigenvalue weighted by Crippen LogP contribution is 2.35. The maximum atomic E-state index is 10.9. The zero-order valence-electron chi connectivity index (χ0n) is 8.72. The van der Waals surface area contributed by atoms with Crippen LogP contribution in [0.1, 0.15) is 10.4 Å². The van der Waals surface area contributed by atoms with Crippen molar-refractivity contribution in [1.82, 2.24) is 0 Å². The third kappa shape index (κ3) is 2.24. The molecule has 86 valence electrons. The fourth-order valence-electron chi connectivity index (χ4n) is 1.61. The Kier molecular flexibility index (Phi) is 3.02. The molecule has 0 aliphatic heterocycles. The summed E-state index contributed by atoms with van der Waals surface area (Å²) in [5, 5.41) is 19.0. The smallest absolute Gasteiger partial charge is 0.335 e. The summed E-state index contributed by atoms with van der Waals surface area (Å²) in [7, 11) is 0. The van der Waals surface area contributed by atoms with Crippen LogP contribution in [0.5, 0.6) is 5.75 Å². The van der Waals surface area contributed by atoms with E-state index in [1.165, 1.54) is 18.2 Å². The van der Waals surface area contributed by atoms with Gasteiger partial charge in [-0.25, -0.2) is 4.79 Å². The molecule has 0 spiro atoms. The number of hydrogen-bond acceptors (Lipinski definition) is 2. The molecule has 0 aliphatic rings. The van der Waals surface area contributed by atoms with E-state index < -0.39 is 5.97 Å². The summed E-state index contributed by atoms with van der Waals surface area (Å²) in [4.78, 5) is 10.9. The Morgan fingerprint density at radius 1 is 1.12 bits per heavy atom. The summed E-state index contributed by atoms with van der Waals surface area (Å²) in [5.41, 5.74) is 1.17. The highest BCUT2D eigenvalue weighted by atomic mass is 35.5. The monoisotopic (exact) mass is 248 g/mol. The van der Waals surface area contributed by atoms with Crippen LogP contribution < -0.4 is 0 Å². The second kappa shape index (κ2) is 4.47. The van der Waals surface area contributed by atoms with E-state index in [2.05, 4.69) is 0 Å². The van der Waals surface area contributed by atoms with Gasteiger partial charge < -0.3 is 10.2 Å². The van der Waals surface area contributed by atoms with Gasteiger partial charge in [0.05, 0.1) is 10.6 Å². The number of rotatable bonds is 2. The molecule has 4 heteroatoms. The van der Waals surface area contributed by atoms with Crippen molar-refractivity contribution < 1.29 is 15.0 Å². The van der Waals surface area contributed by atoms with E-state index in [4.69, 9.17) is 16.7 Å². The molecule has 2 aromatic rings. The van der Waals surface area contributed by atoms with Crippen LogP contribution in [0.15, 0.2) is 42.5 Å². The van der Waals surface area contributed by atoms with Crippen molar-refractivity contribution in [1.29, 1.82) is 0 Å². The largest absolute Gasteiger partial charge is 0.507 e. The van der Waals surface area contributed by atoms with Gasteiger partial charge in [-0.15, -0.1) is 0 Å². The standard InChI is InChI=1S/C13H9ClO3/c14-10-5-2-6-11(15)12(10)8-3-1-4-9(7-8)13(16)17/h1-7,15H,(H,16,17). The summed E-state index contributed by atoms with van der Waals surface area (Å²) >= 11 is 5.99. The zero-order chi connectivity index (χ0) is 12.4. The van der Waals surface area contributed by atoms with E-state index in [-0.39, 0.29) is 11.3 Å². The molecule has 0 aliphatic carbocycles. The van der Waals surface area contributed by atoms with Crippen LogP contribution in [0, 0.1) is 0 Å². The average molecular weight is 249 g/mol. The van der Waals surface area contributed by atoms with Crippen molar-refractivity contribution in [2.75, 3.05) is 0 Å². The highest BCUT2D eigenvalue weighted by Gasteiger charge is 2.11. The molecule has 0 fully saturated rings. The van der Waals surface area contributed by atoms with Crippen molar-refractivity contribution >= 4 is 17.6 Å². The molecule has 0 bridgehead atoms. The number of aromatic carboxylic acids is 1. The van der Waals surface area contributed by atoms with Gasteiger partial charge in [0.2, 0.25) is 0 Å². The Balaban J connectivity index is 2.61. The molecule has 0 atom stereocenters. The SMILES string of the molecule is O=C(O)c1cccc(-c2c(O)cccc2Cl)c1. The van der Waals surface area contributed by atoms with Gasteiger partial charge in [-0.1, -0.05) is 29.8 Å². The van der Waals surface area contributed by atoms with E-state index in [0.717, 1.165) is 0 Å². The average Bonchev–Trinajstić information content (AvgIpc) is 2.29. The van der Waals surface area contributed by atoms with Gasteiger partial charge in [-0.2, -0.15) is 0 Å². The molecule has 0 saturated carbocycles. The minimum Gasteiger partial charge on any atom is -0.507 e. The second-order valence-corrected chi connectivity index (χ2v) is 3.93. The first-order valence-electron chi connectivity index (χ1n) is 4.91. The molecule has 0 amide bonds. The lowest BCUT2D eigenvalue weighted by Crippen LogP contribution is -1.95. The summed E-state index contributed by atoms with van der Waals surface area (Å²) in [6.45, 7) is 0. The minimum atomic E-state index is -1.02.